The zero-order chi connectivity index (χ0) is 19.4. The van der Waals surface area contributed by atoms with Crippen LogP contribution < -0.4 is 10.6 Å². The van der Waals surface area contributed by atoms with Gasteiger partial charge >= 0.3 is 0 Å². The van der Waals surface area contributed by atoms with Crippen molar-refractivity contribution in [2.45, 2.75) is 26.4 Å². The highest BCUT2D eigenvalue weighted by molar-refractivity contribution is 6.21. The first-order valence-corrected chi connectivity index (χ1v) is 9.07. The first kappa shape index (κ1) is 18.8. The Labute approximate surface area is 158 Å². The Kier molecular flexibility index (Phi) is 5.66. The van der Waals surface area contributed by atoms with Crippen LogP contribution in [0.5, 0.6) is 0 Å². The van der Waals surface area contributed by atoms with Crippen molar-refractivity contribution >= 4 is 17.7 Å². The van der Waals surface area contributed by atoms with Gasteiger partial charge in [-0.3, -0.25) is 19.3 Å². The van der Waals surface area contributed by atoms with Crippen molar-refractivity contribution < 1.29 is 14.4 Å². The van der Waals surface area contributed by atoms with Crippen LogP contribution in [0, 0.1) is 0 Å². The molecule has 0 fully saturated rings. The maximum Gasteiger partial charge on any atom is 0.261 e. The van der Waals surface area contributed by atoms with E-state index in [2.05, 4.69) is 10.6 Å². The summed E-state index contributed by atoms with van der Waals surface area (Å²) >= 11 is 0. The molecule has 6 nitrogen and oxygen atoms in total. The van der Waals surface area contributed by atoms with Crippen LogP contribution in [-0.4, -0.2) is 41.8 Å². The third kappa shape index (κ3) is 4.06. The fraction of sp³-hybridized carbons (Fsp3) is 0.286. The third-order valence-electron chi connectivity index (χ3n) is 4.53. The van der Waals surface area contributed by atoms with Crippen LogP contribution in [0.2, 0.25) is 0 Å². The molecule has 0 unspecified atom stereocenters. The Morgan fingerprint density at radius 1 is 1.04 bits per heavy atom. The van der Waals surface area contributed by atoms with E-state index in [1.54, 1.807) is 42.5 Å². The van der Waals surface area contributed by atoms with Crippen LogP contribution in [0.25, 0.3) is 0 Å². The number of nitrogens with zero attached hydrogens (tertiary/aromatic N) is 1. The van der Waals surface area contributed by atoms with Crippen LogP contribution in [0.3, 0.4) is 0 Å². The highest BCUT2D eigenvalue weighted by atomic mass is 16.2. The van der Waals surface area contributed by atoms with Gasteiger partial charge in [-0.1, -0.05) is 31.2 Å². The predicted molar refractivity (Wildman–Crippen MR) is 103 cm³/mol. The molecule has 0 aliphatic carbocycles. The number of imide groups is 1. The molecule has 1 aliphatic heterocycles. The molecule has 0 radical (unpaired) electrons. The summed E-state index contributed by atoms with van der Waals surface area (Å²) in [5.41, 5.74) is 2.09. The number of carbonyl (C=O) groups excluding carboxylic acids is 3. The summed E-state index contributed by atoms with van der Waals surface area (Å²) in [4.78, 5) is 38.6. The van der Waals surface area contributed by atoms with Gasteiger partial charge in [-0.25, -0.2) is 0 Å². The van der Waals surface area contributed by atoms with E-state index >= 15 is 0 Å². The normalized spacial score (nSPS) is 14.2. The van der Waals surface area contributed by atoms with Crippen molar-refractivity contribution in [1.29, 1.82) is 0 Å². The molecule has 0 saturated carbocycles. The molecule has 2 aromatic rings. The fourth-order valence-corrected chi connectivity index (χ4v) is 3.14. The van der Waals surface area contributed by atoms with Gasteiger partial charge in [0.2, 0.25) is 0 Å². The lowest BCUT2D eigenvalue weighted by atomic mass is 10.1. The maximum absolute atomic E-state index is 12.5. The van der Waals surface area contributed by atoms with Crippen LogP contribution in [-0.2, 0) is 6.54 Å². The number of nitrogens with one attached hydrogen (secondary N) is 2. The quantitative estimate of drug-likeness (QED) is 0.738. The highest BCUT2D eigenvalue weighted by Gasteiger charge is 2.34. The van der Waals surface area contributed by atoms with Gasteiger partial charge in [0, 0.05) is 18.2 Å². The number of fused-ring (bicyclic) bond motifs is 1. The minimum absolute atomic E-state index is 0.140. The molecule has 0 aromatic heterocycles. The lowest BCUT2D eigenvalue weighted by molar-refractivity contribution is 0.0642. The SMILES string of the molecule is CCN[C@H](C)CNC(=O)c1cccc(CN2C(=O)c3ccccc3C2=O)c1. The van der Waals surface area contributed by atoms with Crippen molar-refractivity contribution in [3.05, 3.63) is 70.8 Å². The minimum Gasteiger partial charge on any atom is -0.350 e. The van der Waals surface area contributed by atoms with Gasteiger partial charge < -0.3 is 10.6 Å². The fourth-order valence-electron chi connectivity index (χ4n) is 3.14. The van der Waals surface area contributed by atoms with E-state index in [-0.39, 0.29) is 30.3 Å². The van der Waals surface area contributed by atoms with E-state index < -0.39 is 0 Å². The third-order valence-corrected chi connectivity index (χ3v) is 4.53. The molecule has 3 amide bonds. The van der Waals surface area contributed by atoms with E-state index in [4.69, 9.17) is 0 Å². The largest absolute Gasteiger partial charge is 0.350 e. The molecule has 2 N–H and O–H groups in total. The minimum atomic E-state index is -0.301. The van der Waals surface area contributed by atoms with Gasteiger partial charge in [-0.05, 0) is 43.3 Å². The van der Waals surface area contributed by atoms with Gasteiger partial charge in [-0.2, -0.15) is 0 Å². The standard InChI is InChI=1S/C21H23N3O3/c1-3-22-14(2)12-23-19(25)16-8-6-7-15(11-16)13-24-20(26)17-9-4-5-10-18(17)21(24)27/h4-11,14,22H,3,12-13H2,1-2H3,(H,23,25)/t14-/m1/s1. The number of carbonyl (C=O) groups is 3. The lowest BCUT2D eigenvalue weighted by Gasteiger charge is -2.15. The number of benzene rings is 2. The topological polar surface area (TPSA) is 78.5 Å². The van der Waals surface area contributed by atoms with E-state index in [0.29, 0.717) is 23.2 Å². The summed E-state index contributed by atoms with van der Waals surface area (Å²) in [5.74, 6) is -0.779. The van der Waals surface area contributed by atoms with Gasteiger partial charge in [0.25, 0.3) is 17.7 Å². The van der Waals surface area contributed by atoms with Crippen LogP contribution in [0.15, 0.2) is 48.5 Å². The van der Waals surface area contributed by atoms with Gasteiger partial charge in [-0.15, -0.1) is 0 Å². The Morgan fingerprint density at radius 3 is 2.33 bits per heavy atom. The number of hydrogen-bond donors (Lipinski definition) is 2. The Morgan fingerprint density at radius 2 is 1.70 bits per heavy atom. The van der Waals surface area contributed by atoms with Crippen LogP contribution in [0.1, 0.15) is 50.5 Å². The summed E-state index contributed by atoms with van der Waals surface area (Å²) < 4.78 is 0. The van der Waals surface area contributed by atoms with Gasteiger partial charge in [0.15, 0.2) is 0 Å². The van der Waals surface area contributed by atoms with Gasteiger partial charge in [0.05, 0.1) is 17.7 Å². The molecule has 0 bridgehead atoms. The molecule has 0 saturated heterocycles. The maximum atomic E-state index is 12.5. The highest BCUT2D eigenvalue weighted by Crippen LogP contribution is 2.24. The summed E-state index contributed by atoms with van der Waals surface area (Å²) in [7, 11) is 0. The summed E-state index contributed by atoms with van der Waals surface area (Å²) in [5, 5.41) is 6.12. The first-order chi connectivity index (χ1) is 13.0. The van der Waals surface area contributed by atoms with Gasteiger partial charge in [0.1, 0.15) is 0 Å². The summed E-state index contributed by atoms with van der Waals surface area (Å²) in [6, 6.07) is 14.0. The second kappa shape index (κ2) is 8.14. The summed E-state index contributed by atoms with van der Waals surface area (Å²) in [6.45, 7) is 5.52. The number of hydrogen-bond acceptors (Lipinski definition) is 4. The second-order valence-electron chi connectivity index (χ2n) is 6.61. The average Bonchev–Trinajstić information content (AvgIpc) is 2.92. The molecule has 1 heterocycles. The first-order valence-electron chi connectivity index (χ1n) is 9.07. The molecule has 2 aromatic carbocycles. The molecule has 6 heteroatoms. The van der Waals surface area contributed by atoms with E-state index in [0.717, 1.165) is 12.1 Å². The smallest absolute Gasteiger partial charge is 0.261 e. The molecular formula is C21H23N3O3. The average molecular weight is 365 g/mol. The zero-order valence-corrected chi connectivity index (χ0v) is 15.5. The lowest BCUT2D eigenvalue weighted by Crippen LogP contribution is -2.38. The zero-order valence-electron chi connectivity index (χ0n) is 15.5. The molecular weight excluding hydrogens is 342 g/mol. The molecule has 140 valence electrons. The number of likely N-dealkylation sites (N-methyl/N-ethyl adjacent to an activating group) is 1. The molecule has 0 spiro atoms. The monoisotopic (exact) mass is 365 g/mol. The van der Waals surface area contributed by atoms with Crippen molar-refractivity contribution in [3.63, 3.8) is 0 Å². The van der Waals surface area contributed by atoms with Crippen molar-refractivity contribution in [1.82, 2.24) is 15.5 Å². The van der Waals surface area contributed by atoms with E-state index in [9.17, 15) is 14.4 Å². The summed E-state index contributed by atoms with van der Waals surface area (Å²) in [6.07, 6.45) is 0. The predicted octanol–water partition coefficient (Wildman–Crippen LogP) is 2.21. The second-order valence-corrected chi connectivity index (χ2v) is 6.61. The molecule has 3 rings (SSSR count). The van der Waals surface area contributed by atoms with Crippen LogP contribution in [0.4, 0.5) is 0 Å². The van der Waals surface area contributed by atoms with Crippen LogP contribution >= 0.6 is 0 Å². The van der Waals surface area contributed by atoms with Crippen molar-refractivity contribution in [2.75, 3.05) is 13.1 Å². The van der Waals surface area contributed by atoms with Crippen molar-refractivity contribution in [3.8, 4) is 0 Å². The Bertz CT molecular complexity index is 843. The molecule has 1 atom stereocenters. The Balaban J connectivity index is 1.69. The molecule has 27 heavy (non-hydrogen) atoms. The molecule has 1 aliphatic rings. The van der Waals surface area contributed by atoms with E-state index in [1.165, 1.54) is 4.90 Å². The van der Waals surface area contributed by atoms with E-state index in [1.807, 2.05) is 19.9 Å². The Hall–Kier alpha value is -2.99. The van der Waals surface area contributed by atoms with Crippen molar-refractivity contribution in [2.24, 2.45) is 0 Å². The number of amides is 3. The number of rotatable bonds is 7.